The first-order valence-electron chi connectivity index (χ1n) is 6.71. The summed E-state index contributed by atoms with van der Waals surface area (Å²) >= 11 is 1.76. The highest BCUT2D eigenvalue weighted by molar-refractivity contribution is 7.10. The van der Waals surface area contributed by atoms with Crippen LogP contribution in [0.1, 0.15) is 30.7 Å². The van der Waals surface area contributed by atoms with Crippen LogP contribution in [-0.2, 0) is 11.3 Å². The minimum Gasteiger partial charge on any atom is -0.383 e. The van der Waals surface area contributed by atoms with Gasteiger partial charge in [0.05, 0.1) is 13.2 Å². The van der Waals surface area contributed by atoms with Crippen LogP contribution >= 0.6 is 11.3 Å². The van der Waals surface area contributed by atoms with Crippen molar-refractivity contribution < 1.29 is 4.74 Å². The number of nitrogens with two attached hydrogens (primary N) is 1. The number of thiophene rings is 1. The molecule has 0 saturated heterocycles. The predicted octanol–water partition coefficient (Wildman–Crippen LogP) is 2.31. The Morgan fingerprint density at radius 1 is 1.53 bits per heavy atom. The lowest BCUT2D eigenvalue weighted by Crippen LogP contribution is -2.34. The second-order valence-corrected chi connectivity index (χ2v) is 5.48. The Labute approximate surface area is 120 Å². The molecule has 1 rings (SSSR count). The van der Waals surface area contributed by atoms with Gasteiger partial charge in [0.2, 0.25) is 0 Å². The van der Waals surface area contributed by atoms with E-state index in [1.165, 1.54) is 4.88 Å². The van der Waals surface area contributed by atoms with Crippen LogP contribution in [0.25, 0.3) is 0 Å². The number of hydrogen-bond donors (Lipinski definition) is 1. The molecule has 0 aliphatic rings. The molecule has 2 N–H and O–H groups in total. The van der Waals surface area contributed by atoms with Gasteiger partial charge in [-0.25, -0.2) is 0 Å². The third kappa shape index (κ3) is 5.33. The molecule has 0 amide bonds. The van der Waals surface area contributed by atoms with Crippen LogP contribution in [0, 0.1) is 11.8 Å². The van der Waals surface area contributed by atoms with Crippen LogP contribution in [0.5, 0.6) is 0 Å². The molecule has 0 aliphatic carbocycles. The molecule has 0 aromatic carbocycles. The van der Waals surface area contributed by atoms with Crippen molar-refractivity contribution in [2.75, 3.05) is 26.8 Å². The van der Waals surface area contributed by atoms with Crippen LogP contribution in [0.4, 0.5) is 0 Å². The second-order valence-electron chi connectivity index (χ2n) is 4.48. The number of hydrogen-bond acceptors (Lipinski definition) is 4. The van der Waals surface area contributed by atoms with Crippen LogP contribution < -0.4 is 5.73 Å². The van der Waals surface area contributed by atoms with E-state index in [0.29, 0.717) is 12.6 Å². The van der Waals surface area contributed by atoms with Crippen LogP contribution in [-0.4, -0.2) is 37.7 Å². The summed E-state index contributed by atoms with van der Waals surface area (Å²) in [6, 6.07) is 2.63. The molecule has 1 heterocycles. The summed E-state index contributed by atoms with van der Waals surface area (Å²) in [5.74, 6) is 6.08. The summed E-state index contributed by atoms with van der Waals surface area (Å²) in [7, 11) is 1.75. The zero-order valence-corrected chi connectivity index (χ0v) is 12.9. The standard InChI is InChI=1S/C15H24N2OS/c1-4-13(2)17(9-10-18-3)12-15-14(6-5-8-16)7-11-19-15/h7,11,13H,4,8-10,12,16H2,1-3H3. The lowest BCUT2D eigenvalue weighted by atomic mass is 10.2. The van der Waals surface area contributed by atoms with Crippen molar-refractivity contribution in [3.05, 3.63) is 21.9 Å². The molecule has 1 aromatic heterocycles. The lowest BCUT2D eigenvalue weighted by Gasteiger charge is -2.27. The fourth-order valence-corrected chi connectivity index (χ4v) is 2.68. The van der Waals surface area contributed by atoms with E-state index >= 15 is 0 Å². The van der Waals surface area contributed by atoms with E-state index < -0.39 is 0 Å². The molecular weight excluding hydrogens is 256 g/mol. The van der Waals surface area contributed by atoms with E-state index in [1.807, 2.05) is 0 Å². The quantitative estimate of drug-likeness (QED) is 0.779. The largest absolute Gasteiger partial charge is 0.383 e. The Bertz CT molecular complexity index is 419. The van der Waals surface area contributed by atoms with Gasteiger partial charge in [-0.2, -0.15) is 0 Å². The monoisotopic (exact) mass is 280 g/mol. The van der Waals surface area contributed by atoms with Crippen molar-refractivity contribution in [2.45, 2.75) is 32.9 Å². The van der Waals surface area contributed by atoms with E-state index in [9.17, 15) is 0 Å². The molecule has 0 fully saturated rings. The van der Waals surface area contributed by atoms with Crippen molar-refractivity contribution in [3.8, 4) is 11.8 Å². The average molecular weight is 280 g/mol. The van der Waals surface area contributed by atoms with Crippen molar-refractivity contribution in [2.24, 2.45) is 5.73 Å². The third-order valence-electron chi connectivity index (χ3n) is 3.21. The normalized spacial score (nSPS) is 12.3. The number of nitrogens with zero attached hydrogens (tertiary/aromatic N) is 1. The van der Waals surface area contributed by atoms with E-state index in [2.05, 4.69) is 42.0 Å². The van der Waals surface area contributed by atoms with Gasteiger partial charge in [0.1, 0.15) is 0 Å². The van der Waals surface area contributed by atoms with Crippen molar-refractivity contribution in [1.82, 2.24) is 4.90 Å². The Morgan fingerprint density at radius 2 is 2.32 bits per heavy atom. The van der Waals surface area contributed by atoms with E-state index in [4.69, 9.17) is 10.5 Å². The molecule has 0 saturated carbocycles. The molecule has 0 radical (unpaired) electrons. The lowest BCUT2D eigenvalue weighted by molar-refractivity contribution is 0.118. The van der Waals surface area contributed by atoms with Gasteiger partial charge >= 0.3 is 0 Å². The smallest absolute Gasteiger partial charge is 0.0589 e. The molecule has 19 heavy (non-hydrogen) atoms. The maximum absolute atomic E-state index is 5.43. The molecular formula is C15H24N2OS. The van der Waals surface area contributed by atoms with Gasteiger partial charge in [0, 0.05) is 36.7 Å². The van der Waals surface area contributed by atoms with Crippen molar-refractivity contribution in [1.29, 1.82) is 0 Å². The van der Waals surface area contributed by atoms with Crippen LogP contribution in [0.2, 0.25) is 0 Å². The zero-order valence-electron chi connectivity index (χ0n) is 12.1. The summed E-state index contributed by atoms with van der Waals surface area (Å²) in [6.07, 6.45) is 1.14. The molecule has 106 valence electrons. The minimum atomic E-state index is 0.411. The SMILES string of the molecule is CCC(C)N(CCOC)Cc1sccc1C#CCN. The fourth-order valence-electron chi connectivity index (χ4n) is 1.83. The molecule has 4 heteroatoms. The van der Waals surface area contributed by atoms with Crippen LogP contribution in [0.15, 0.2) is 11.4 Å². The molecule has 1 unspecified atom stereocenters. The highest BCUT2D eigenvalue weighted by atomic mass is 32.1. The molecule has 0 spiro atoms. The highest BCUT2D eigenvalue weighted by Crippen LogP contribution is 2.20. The Kier molecular flexibility index (Phi) is 7.76. The van der Waals surface area contributed by atoms with Gasteiger partial charge in [-0.3, -0.25) is 4.90 Å². The Morgan fingerprint density at radius 3 is 2.95 bits per heavy atom. The van der Waals surface area contributed by atoms with Crippen molar-refractivity contribution in [3.63, 3.8) is 0 Å². The van der Waals surface area contributed by atoms with Crippen LogP contribution in [0.3, 0.4) is 0 Å². The molecule has 0 bridgehead atoms. The van der Waals surface area contributed by atoms with Gasteiger partial charge in [-0.05, 0) is 24.8 Å². The van der Waals surface area contributed by atoms with Gasteiger partial charge in [-0.15, -0.1) is 11.3 Å². The topological polar surface area (TPSA) is 38.5 Å². The molecule has 3 nitrogen and oxygen atoms in total. The van der Waals surface area contributed by atoms with Crippen molar-refractivity contribution >= 4 is 11.3 Å². The van der Waals surface area contributed by atoms with Gasteiger partial charge in [0.15, 0.2) is 0 Å². The summed E-state index contributed by atoms with van der Waals surface area (Å²) in [6.45, 7) is 7.54. The average Bonchev–Trinajstić information content (AvgIpc) is 2.87. The molecule has 1 atom stereocenters. The molecule has 1 aromatic rings. The first kappa shape index (κ1) is 16.2. The first-order valence-corrected chi connectivity index (χ1v) is 7.59. The van der Waals surface area contributed by atoms with E-state index in [-0.39, 0.29) is 0 Å². The first-order chi connectivity index (χ1) is 9.22. The predicted molar refractivity (Wildman–Crippen MR) is 82.3 cm³/mol. The van der Waals surface area contributed by atoms with Gasteiger partial charge in [0.25, 0.3) is 0 Å². The summed E-state index contributed by atoms with van der Waals surface area (Å²) < 4.78 is 5.20. The summed E-state index contributed by atoms with van der Waals surface area (Å²) in [5, 5.41) is 2.10. The Hall–Kier alpha value is -0.860. The second kappa shape index (κ2) is 9.11. The van der Waals surface area contributed by atoms with Gasteiger partial charge in [-0.1, -0.05) is 18.8 Å². The number of rotatable bonds is 7. The minimum absolute atomic E-state index is 0.411. The fraction of sp³-hybridized carbons (Fsp3) is 0.600. The van der Waals surface area contributed by atoms with Gasteiger partial charge < -0.3 is 10.5 Å². The van der Waals surface area contributed by atoms with E-state index in [1.54, 1.807) is 18.4 Å². The maximum Gasteiger partial charge on any atom is 0.0589 e. The zero-order chi connectivity index (χ0) is 14.1. The summed E-state index contributed by atoms with van der Waals surface area (Å²) in [5.41, 5.74) is 6.55. The number of ether oxygens (including phenoxy) is 1. The summed E-state index contributed by atoms with van der Waals surface area (Å²) in [4.78, 5) is 3.76. The molecule has 0 aliphatic heterocycles. The van der Waals surface area contributed by atoms with E-state index in [0.717, 1.165) is 31.7 Å². The number of methoxy groups -OCH3 is 1. The Balaban J connectivity index is 2.75. The third-order valence-corrected chi connectivity index (χ3v) is 4.12. The highest BCUT2D eigenvalue weighted by Gasteiger charge is 2.14. The maximum atomic E-state index is 5.43.